The van der Waals surface area contributed by atoms with Crippen molar-refractivity contribution in [2.75, 3.05) is 6.54 Å². The van der Waals surface area contributed by atoms with Crippen LogP contribution in [0.3, 0.4) is 0 Å². The van der Waals surface area contributed by atoms with Gasteiger partial charge in [-0.1, -0.05) is 34.1 Å². The van der Waals surface area contributed by atoms with Crippen LogP contribution in [0.15, 0.2) is 58.1 Å². The maximum Gasteiger partial charge on any atom is 0.188 e. The minimum absolute atomic E-state index is 0.403. The van der Waals surface area contributed by atoms with Crippen molar-refractivity contribution >= 4 is 21.9 Å². The highest BCUT2D eigenvalue weighted by Crippen LogP contribution is 2.40. The Morgan fingerprint density at radius 3 is 2.82 bits per heavy atom. The summed E-state index contributed by atoms with van der Waals surface area (Å²) in [5.74, 6) is 1.07. The molecule has 3 N–H and O–H groups in total. The normalized spacial score (nSPS) is 20.7. The largest absolute Gasteiger partial charge is 0.370 e. The standard InChI is InChI=1S/C17H19BrN4/c18-13-6-4-12(5-7-13)15-11-16(15)22-17(19)21-10-8-14-3-1-2-9-20-14/h1-7,9,15-16H,8,10-11H2,(H3,19,21,22). The monoisotopic (exact) mass is 358 g/mol. The summed E-state index contributed by atoms with van der Waals surface area (Å²) in [5, 5.41) is 3.30. The summed E-state index contributed by atoms with van der Waals surface area (Å²) in [6, 6.07) is 14.8. The lowest BCUT2D eigenvalue weighted by atomic mass is 10.1. The van der Waals surface area contributed by atoms with E-state index in [4.69, 9.17) is 5.73 Å². The highest BCUT2D eigenvalue weighted by Gasteiger charge is 2.38. The number of benzene rings is 1. The van der Waals surface area contributed by atoms with Gasteiger partial charge in [-0.15, -0.1) is 0 Å². The Morgan fingerprint density at radius 1 is 1.27 bits per heavy atom. The van der Waals surface area contributed by atoms with E-state index in [2.05, 4.69) is 55.5 Å². The average molecular weight is 359 g/mol. The van der Waals surface area contributed by atoms with E-state index in [9.17, 15) is 0 Å². The molecule has 0 aliphatic heterocycles. The first kappa shape index (κ1) is 15.0. The lowest BCUT2D eigenvalue weighted by molar-refractivity contribution is 0.838. The predicted molar refractivity (Wildman–Crippen MR) is 92.9 cm³/mol. The van der Waals surface area contributed by atoms with Crippen molar-refractivity contribution in [3.8, 4) is 0 Å². The van der Waals surface area contributed by atoms with Gasteiger partial charge in [0.1, 0.15) is 0 Å². The minimum Gasteiger partial charge on any atom is -0.370 e. The third-order valence-corrected chi connectivity index (χ3v) is 4.33. The molecule has 3 rings (SSSR count). The van der Waals surface area contributed by atoms with Crippen LogP contribution in [-0.4, -0.2) is 23.5 Å². The molecule has 2 atom stereocenters. The number of guanidine groups is 1. The lowest BCUT2D eigenvalue weighted by Crippen LogP contribution is -2.34. The van der Waals surface area contributed by atoms with Crippen molar-refractivity contribution < 1.29 is 0 Å². The Bertz CT molecular complexity index is 639. The molecule has 1 aliphatic rings. The second-order valence-electron chi connectivity index (χ2n) is 5.48. The molecular weight excluding hydrogens is 340 g/mol. The number of aliphatic imine (C=N–C) groups is 1. The van der Waals surface area contributed by atoms with E-state index in [0.29, 0.717) is 24.5 Å². The Balaban J connectivity index is 1.45. The average Bonchev–Trinajstić information content (AvgIpc) is 3.28. The zero-order chi connectivity index (χ0) is 15.4. The fourth-order valence-electron chi connectivity index (χ4n) is 2.51. The molecular formula is C17H19BrN4. The van der Waals surface area contributed by atoms with Crippen LogP contribution >= 0.6 is 15.9 Å². The molecule has 4 nitrogen and oxygen atoms in total. The fourth-order valence-corrected chi connectivity index (χ4v) is 2.77. The molecule has 2 aromatic rings. The Hall–Kier alpha value is -1.88. The number of nitrogens with one attached hydrogen (secondary N) is 1. The van der Waals surface area contributed by atoms with Crippen molar-refractivity contribution in [3.05, 3.63) is 64.4 Å². The van der Waals surface area contributed by atoms with E-state index >= 15 is 0 Å². The summed E-state index contributed by atoms with van der Waals surface area (Å²) in [7, 11) is 0. The maximum atomic E-state index is 5.95. The highest BCUT2D eigenvalue weighted by molar-refractivity contribution is 9.10. The zero-order valence-electron chi connectivity index (χ0n) is 12.2. The summed E-state index contributed by atoms with van der Waals surface area (Å²) < 4.78 is 1.11. The number of nitrogens with zero attached hydrogens (tertiary/aromatic N) is 2. The van der Waals surface area contributed by atoms with Crippen LogP contribution in [0.4, 0.5) is 0 Å². The molecule has 0 bridgehead atoms. The van der Waals surface area contributed by atoms with E-state index in [1.807, 2.05) is 18.2 Å². The molecule has 0 amide bonds. The number of hydrogen-bond donors (Lipinski definition) is 2. The number of halogens is 1. The van der Waals surface area contributed by atoms with Gasteiger partial charge in [0.15, 0.2) is 5.96 Å². The number of aromatic nitrogens is 1. The molecule has 1 heterocycles. The smallest absolute Gasteiger partial charge is 0.188 e. The Morgan fingerprint density at radius 2 is 2.09 bits per heavy atom. The highest BCUT2D eigenvalue weighted by atomic mass is 79.9. The summed E-state index contributed by atoms with van der Waals surface area (Å²) >= 11 is 3.46. The van der Waals surface area contributed by atoms with Crippen molar-refractivity contribution in [2.45, 2.75) is 24.8 Å². The van der Waals surface area contributed by atoms with Gasteiger partial charge in [-0.05, 0) is 36.2 Å². The summed E-state index contributed by atoms with van der Waals surface area (Å²) in [5.41, 5.74) is 8.34. The van der Waals surface area contributed by atoms with E-state index in [1.165, 1.54) is 5.56 Å². The molecule has 5 heteroatoms. The lowest BCUT2D eigenvalue weighted by Gasteiger charge is -2.05. The molecule has 2 unspecified atom stereocenters. The van der Waals surface area contributed by atoms with Crippen molar-refractivity contribution in [2.24, 2.45) is 10.7 Å². The van der Waals surface area contributed by atoms with Gasteiger partial charge in [0.25, 0.3) is 0 Å². The van der Waals surface area contributed by atoms with Crippen LogP contribution in [0.5, 0.6) is 0 Å². The molecule has 0 radical (unpaired) electrons. The topological polar surface area (TPSA) is 63.3 Å². The molecule has 1 aromatic heterocycles. The first-order valence-electron chi connectivity index (χ1n) is 7.44. The molecule has 1 fully saturated rings. The second-order valence-corrected chi connectivity index (χ2v) is 6.40. The van der Waals surface area contributed by atoms with Gasteiger partial charge in [0, 0.05) is 41.3 Å². The van der Waals surface area contributed by atoms with E-state index < -0.39 is 0 Å². The van der Waals surface area contributed by atoms with Crippen molar-refractivity contribution in [1.82, 2.24) is 10.3 Å². The predicted octanol–water partition coefficient (Wildman–Crippen LogP) is 2.85. The van der Waals surface area contributed by atoms with Gasteiger partial charge in [0.05, 0.1) is 0 Å². The maximum absolute atomic E-state index is 5.95. The van der Waals surface area contributed by atoms with Gasteiger partial charge >= 0.3 is 0 Å². The van der Waals surface area contributed by atoms with Crippen LogP contribution in [-0.2, 0) is 6.42 Å². The van der Waals surface area contributed by atoms with E-state index in [-0.39, 0.29) is 0 Å². The van der Waals surface area contributed by atoms with Crippen LogP contribution in [0.2, 0.25) is 0 Å². The van der Waals surface area contributed by atoms with E-state index in [1.54, 1.807) is 6.20 Å². The number of pyridine rings is 1. The number of nitrogens with two attached hydrogens (primary N) is 1. The molecule has 0 spiro atoms. The zero-order valence-corrected chi connectivity index (χ0v) is 13.8. The number of rotatable bonds is 5. The van der Waals surface area contributed by atoms with Gasteiger partial charge < -0.3 is 11.1 Å². The van der Waals surface area contributed by atoms with E-state index in [0.717, 1.165) is 23.0 Å². The Labute approximate surface area is 139 Å². The molecule has 22 heavy (non-hydrogen) atoms. The first-order chi connectivity index (χ1) is 10.7. The van der Waals surface area contributed by atoms with Gasteiger partial charge in [-0.3, -0.25) is 9.98 Å². The molecule has 1 saturated carbocycles. The van der Waals surface area contributed by atoms with Crippen LogP contribution < -0.4 is 11.1 Å². The number of hydrogen-bond acceptors (Lipinski definition) is 2. The van der Waals surface area contributed by atoms with Crippen molar-refractivity contribution in [3.63, 3.8) is 0 Å². The molecule has 0 saturated heterocycles. The molecule has 114 valence electrons. The van der Waals surface area contributed by atoms with Gasteiger partial charge in [-0.25, -0.2) is 0 Å². The van der Waals surface area contributed by atoms with Crippen molar-refractivity contribution in [1.29, 1.82) is 0 Å². The third-order valence-electron chi connectivity index (χ3n) is 3.80. The van der Waals surface area contributed by atoms with Gasteiger partial charge in [-0.2, -0.15) is 0 Å². The Kier molecular flexibility index (Phi) is 4.73. The van der Waals surface area contributed by atoms with Crippen LogP contribution in [0.25, 0.3) is 0 Å². The van der Waals surface area contributed by atoms with Gasteiger partial charge in [0.2, 0.25) is 0 Å². The first-order valence-corrected chi connectivity index (χ1v) is 8.23. The van der Waals surface area contributed by atoms with Crippen LogP contribution in [0, 0.1) is 0 Å². The fraction of sp³-hybridized carbons (Fsp3) is 0.294. The van der Waals surface area contributed by atoms with Crippen LogP contribution in [0.1, 0.15) is 23.6 Å². The summed E-state index contributed by atoms with van der Waals surface area (Å²) in [6.45, 7) is 0.658. The minimum atomic E-state index is 0.403. The summed E-state index contributed by atoms with van der Waals surface area (Å²) in [4.78, 5) is 8.65. The molecule has 1 aromatic carbocycles. The quantitative estimate of drug-likeness (QED) is 0.637. The third kappa shape index (κ3) is 4.07. The summed E-state index contributed by atoms with van der Waals surface area (Å²) in [6.07, 6.45) is 3.72. The second kappa shape index (κ2) is 6.92. The SMILES string of the molecule is NC(=NCCc1ccccn1)NC1CC1c1ccc(Br)cc1. The molecule has 1 aliphatic carbocycles.